The number of hydrogen-bond acceptors (Lipinski definition) is 4. The Balaban J connectivity index is 1.84. The molecular formula is C22H28N2O4S. The summed E-state index contributed by atoms with van der Waals surface area (Å²) in [4.78, 5) is 14.8. The Morgan fingerprint density at radius 1 is 1.03 bits per heavy atom. The Labute approximate surface area is 172 Å². The Hall–Kier alpha value is -2.38. The minimum atomic E-state index is -3.68. The molecule has 7 heteroatoms. The largest absolute Gasteiger partial charge is 0.391 e. The molecule has 6 nitrogen and oxygen atoms in total. The van der Waals surface area contributed by atoms with Crippen LogP contribution in [-0.4, -0.2) is 50.6 Å². The Bertz CT molecular complexity index is 976. The highest BCUT2D eigenvalue weighted by Gasteiger charge is 2.30. The number of benzene rings is 2. The van der Waals surface area contributed by atoms with Gasteiger partial charge in [-0.25, -0.2) is 8.42 Å². The van der Waals surface area contributed by atoms with Crippen molar-refractivity contribution in [3.8, 4) is 0 Å². The van der Waals surface area contributed by atoms with Gasteiger partial charge in [-0.2, -0.15) is 0 Å². The van der Waals surface area contributed by atoms with Crippen molar-refractivity contribution in [3.63, 3.8) is 0 Å². The molecule has 0 spiro atoms. The van der Waals surface area contributed by atoms with Crippen LogP contribution < -0.4 is 4.31 Å². The molecule has 29 heavy (non-hydrogen) atoms. The van der Waals surface area contributed by atoms with Gasteiger partial charge >= 0.3 is 0 Å². The maximum absolute atomic E-state index is 12.9. The second-order valence-electron chi connectivity index (χ2n) is 7.62. The van der Waals surface area contributed by atoms with Crippen molar-refractivity contribution in [1.29, 1.82) is 0 Å². The summed E-state index contributed by atoms with van der Waals surface area (Å²) in [5.74, 6) is -0.167. The van der Waals surface area contributed by atoms with Crippen LogP contribution in [0.15, 0.2) is 53.4 Å². The lowest BCUT2D eigenvalue weighted by molar-refractivity contribution is 0.0268. The summed E-state index contributed by atoms with van der Waals surface area (Å²) < 4.78 is 27.0. The van der Waals surface area contributed by atoms with E-state index in [-0.39, 0.29) is 16.8 Å². The molecule has 0 radical (unpaired) electrons. The molecule has 2 atom stereocenters. The van der Waals surface area contributed by atoms with Crippen molar-refractivity contribution in [2.45, 2.75) is 49.6 Å². The number of aliphatic hydroxyl groups excluding tert-OH is 1. The van der Waals surface area contributed by atoms with E-state index in [2.05, 4.69) is 0 Å². The second kappa shape index (κ2) is 8.55. The number of aryl methyl sites for hydroxylation is 1. The third-order valence-electron chi connectivity index (χ3n) is 5.70. The van der Waals surface area contributed by atoms with Gasteiger partial charge in [-0.05, 0) is 55.7 Å². The van der Waals surface area contributed by atoms with Gasteiger partial charge in [-0.1, -0.05) is 31.0 Å². The maximum Gasteiger partial charge on any atom is 0.264 e. The zero-order valence-electron chi connectivity index (χ0n) is 17.1. The summed E-state index contributed by atoms with van der Waals surface area (Å²) in [7, 11) is -0.454. The Morgan fingerprint density at radius 2 is 1.69 bits per heavy atom. The second-order valence-corrected chi connectivity index (χ2v) is 9.59. The molecule has 3 rings (SSSR count). The normalized spacial score (nSPS) is 19.6. The molecular weight excluding hydrogens is 388 g/mol. The van der Waals surface area contributed by atoms with Crippen molar-refractivity contribution >= 4 is 21.6 Å². The van der Waals surface area contributed by atoms with Gasteiger partial charge in [-0.15, -0.1) is 0 Å². The number of carbonyl (C=O) groups is 1. The molecule has 0 unspecified atom stereocenters. The van der Waals surface area contributed by atoms with E-state index in [4.69, 9.17) is 0 Å². The predicted molar refractivity (Wildman–Crippen MR) is 114 cm³/mol. The maximum atomic E-state index is 12.9. The molecule has 1 aliphatic carbocycles. The minimum Gasteiger partial charge on any atom is -0.391 e. The van der Waals surface area contributed by atoms with Crippen LogP contribution in [0.4, 0.5) is 5.69 Å². The van der Waals surface area contributed by atoms with Gasteiger partial charge in [0, 0.05) is 19.7 Å². The molecule has 1 fully saturated rings. The molecule has 1 saturated carbocycles. The molecule has 0 aromatic heterocycles. The fourth-order valence-corrected chi connectivity index (χ4v) is 5.20. The van der Waals surface area contributed by atoms with E-state index in [1.165, 1.54) is 11.4 Å². The number of aliphatic hydroxyl groups is 1. The predicted octanol–water partition coefficient (Wildman–Crippen LogP) is 3.20. The SMILES string of the molecule is Cc1cc(C(=O)N(C)[C@H]2CCCC[C@H]2O)ccc1N(C)S(=O)(=O)c1ccccc1. The monoisotopic (exact) mass is 416 g/mol. The van der Waals surface area contributed by atoms with Crippen LogP contribution in [0.5, 0.6) is 0 Å². The molecule has 0 bridgehead atoms. The van der Waals surface area contributed by atoms with Gasteiger partial charge in [0.25, 0.3) is 15.9 Å². The van der Waals surface area contributed by atoms with Crippen LogP contribution in [0, 0.1) is 6.92 Å². The zero-order valence-corrected chi connectivity index (χ0v) is 17.9. The van der Waals surface area contributed by atoms with Crippen molar-refractivity contribution in [2.75, 3.05) is 18.4 Å². The molecule has 1 aliphatic rings. The number of nitrogens with zero attached hydrogens (tertiary/aromatic N) is 2. The third-order valence-corrected chi connectivity index (χ3v) is 7.48. The lowest BCUT2D eigenvalue weighted by Crippen LogP contribution is -2.46. The molecule has 0 aliphatic heterocycles. The molecule has 2 aromatic carbocycles. The molecule has 1 N–H and O–H groups in total. The molecule has 0 heterocycles. The zero-order chi connectivity index (χ0) is 21.2. The smallest absolute Gasteiger partial charge is 0.264 e. The summed E-state index contributed by atoms with van der Waals surface area (Å²) in [6.07, 6.45) is 2.98. The number of sulfonamides is 1. The molecule has 156 valence electrons. The quantitative estimate of drug-likeness (QED) is 0.812. The van der Waals surface area contributed by atoms with Crippen molar-refractivity contribution in [3.05, 3.63) is 59.7 Å². The summed E-state index contributed by atoms with van der Waals surface area (Å²) in [5, 5.41) is 10.2. The number of rotatable bonds is 5. The van der Waals surface area contributed by atoms with Crippen LogP contribution >= 0.6 is 0 Å². The Morgan fingerprint density at radius 3 is 2.31 bits per heavy atom. The topological polar surface area (TPSA) is 77.9 Å². The van der Waals surface area contributed by atoms with Gasteiger partial charge in [0.15, 0.2) is 0 Å². The lowest BCUT2D eigenvalue weighted by Gasteiger charge is -2.35. The third kappa shape index (κ3) is 4.31. The minimum absolute atomic E-state index is 0.167. The summed E-state index contributed by atoms with van der Waals surface area (Å²) in [6.45, 7) is 1.79. The highest BCUT2D eigenvalue weighted by Crippen LogP contribution is 2.28. The van der Waals surface area contributed by atoms with E-state index in [1.807, 2.05) is 0 Å². The fourth-order valence-electron chi connectivity index (χ4n) is 3.92. The standard InChI is InChI=1S/C22H28N2O4S/c1-16-15-17(22(26)23(2)20-11-7-8-12-21(20)25)13-14-19(16)24(3)29(27,28)18-9-5-4-6-10-18/h4-6,9-10,13-15,20-21,25H,7-8,11-12H2,1-3H3/t20-,21+/m0/s1. The highest BCUT2D eigenvalue weighted by molar-refractivity contribution is 7.92. The first kappa shape index (κ1) is 21.3. The van der Waals surface area contributed by atoms with Crippen LogP contribution in [0.1, 0.15) is 41.6 Å². The van der Waals surface area contributed by atoms with E-state index in [9.17, 15) is 18.3 Å². The average molecular weight is 417 g/mol. The Kier molecular flexibility index (Phi) is 6.29. The van der Waals surface area contributed by atoms with E-state index >= 15 is 0 Å². The van der Waals surface area contributed by atoms with Gasteiger partial charge < -0.3 is 10.0 Å². The summed E-state index contributed by atoms with van der Waals surface area (Å²) in [5.41, 5.74) is 1.69. The summed E-state index contributed by atoms with van der Waals surface area (Å²) in [6, 6.07) is 13.1. The van der Waals surface area contributed by atoms with Crippen LogP contribution in [0.3, 0.4) is 0 Å². The highest BCUT2D eigenvalue weighted by atomic mass is 32.2. The number of likely N-dealkylation sites (N-methyl/N-ethyl adjacent to an activating group) is 1. The fraction of sp³-hybridized carbons (Fsp3) is 0.409. The van der Waals surface area contributed by atoms with Gasteiger partial charge in [0.2, 0.25) is 0 Å². The average Bonchev–Trinajstić information content (AvgIpc) is 2.73. The number of carbonyl (C=O) groups excluding carboxylic acids is 1. The number of amides is 1. The van der Waals surface area contributed by atoms with E-state index in [1.54, 1.807) is 67.4 Å². The van der Waals surface area contributed by atoms with Crippen molar-refractivity contribution < 1.29 is 18.3 Å². The summed E-state index contributed by atoms with van der Waals surface area (Å²) >= 11 is 0. The van der Waals surface area contributed by atoms with Crippen molar-refractivity contribution in [1.82, 2.24) is 4.90 Å². The van der Waals surface area contributed by atoms with E-state index < -0.39 is 16.1 Å². The molecule has 0 saturated heterocycles. The van der Waals surface area contributed by atoms with Gasteiger partial charge in [-0.3, -0.25) is 9.10 Å². The molecule has 1 amide bonds. The number of hydrogen-bond donors (Lipinski definition) is 1. The van der Waals surface area contributed by atoms with Crippen LogP contribution in [-0.2, 0) is 10.0 Å². The number of anilines is 1. The first-order chi connectivity index (χ1) is 13.7. The van der Waals surface area contributed by atoms with Crippen LogP contribution in [0.25, 0.3) is 0 Å². The molecule has 2 aromatic rings. The van der Waals surface area contributed by atoms with Gasteiger partial charge in [0.1, 0.15) is 0 Å². The van der Waals surface area contributed by atoms with E-state index in [0.717, 1.165) is 19.3 Å². The van der Waals surface area contributed by atoms with E-state index in [0.29, 0.717) is 23.2 Å². The van der Waals surface area contributed by atoms with Gasteiger partial charge in [0.05, 0.1) is 22.7 Å². The lowest BCUT2D eigenvalue weighted by atomic mass is 9.91. The van der Waals surface area contributed by atoms with Crippen LogP contribution in [0.2, 0.25) is 0 Å². The first-order valence-corrected chi connectivity index (χ1v) is 11.3. The first-order valence-electron chi connectivity index (χ1n) is 9.83. The van der Waals surface area contributed by atoms with Crippen molar-refractivity contribution in [2.24, 2.45) is 0 Å².